The molecule has 17 heavy (non-hydrogen) atoms. The van der Waals surface area contributed by atoms with E-state index < -0.39 is 0 Å². The van der Waals surface area contributed by atoms with Crippen LogP contribution in [0.2, 0.25) is 0 Å². The average molecular weight is 239 g/mol. The standard InChI is InChI=1S/C14H29N3/c1-5-7-9-17(10-8-6-2)12-14(11-15)16-13(3)4/h13-14,16H,5-10,12H2,1-4H3. The fourth-order valence-corrected chi connectivity index (χ4v) is 1.85. The van der Waals surface area contributed by atoms with Crippen LogP contribution in [0.5, 0.6) is 0 Å². The minimum atomic E-state index is -0.0382. The normalized spacial score (nSPS) is 13.0. The van der Waals surface area contributed by atoms with Crippen molar-refractivity contribution in [3.63, 3.8) is 0 Å². The second-order valence-corrected chi connectivity index (χ2v) is 5.01. The summed E-state index contributed by atoms with van der Waals surface area (Å²) in [6.07, 6.45) is 4.89. The van der Waals surface area contributed by atoms with Crippen molar-refractivity contribution in [1.82, 2.24) is 10.2 Å². The zero-order valence-corrected chi connectivity index (χ0v) is 12.0. The van der Waals surface area contributed by atoms with Gasteiger partial charge in [-0.25, -0.2) is 0 Å². The lowest BCUT2D eigenvalue weighted by Gasteiger charge is -2.25. The third-order valence-electron chi connectivity index (χ3n) is 2.79. The van der Waals surface area contributed by atoms with Crippen molar-refractivity contribution in [2.45, 2.75) is 65.5 Å². The van der Waals surface area contributed by atoms with E-state index in [1.165, 1.54) is 25.7 Å². The van der Waals surface area contributed by atoms with Gasteiger partial charge >= 0.3 is 0 Å². The van der Waals surface area contributed by atoms with Crippen LogP contribution in [0.3, 0.4) is 0 Å². The Balaban J connectivity index is 4.12. The molecule has 1 unspecified atom stereocenters. The molecule has 100 valence electrons. The lowest BCUT2D eigenvalue weighted by Crippen LogP contribution is -2.43. The molecule has 0 fully saturated rings. The van der Waals surface area contributed by atoms with Crippen LogP contribution in [0.15, 0.2) is 0 Å². The first-order valence-corrected chi connectivity index (χ1v) is 7.02. The Morgan fingerprint density at radius 1 is 1.12 bits per heavy atom. The number of hydrogen-bond acceptors (Lipinski definition) is 3. The Kier molecular flexibility index (Phi) is 10.2. The fraction of sp³-hybridized carbons (Fsp3) is 0.929. The summed E-state index contributed by atoms with van der Waals surface area (Å²) in [5.74, 6) is 0. The molecule has 0 saturated carbocycles. The van der Waals surface area contributed by atoms with Gasteiger partial charge < -0.3 is 4.90 Å². The van der Waals surface area contributed by atoms with Crippen LogP contribution in [0.25, 0.3) is 0 Å². The molecule has 0 radical (unpaired) electrons. The van der Waals surface area contributed by atoms with Crippen LogP contribution >= 0.6 is 0 Å². The van der Waals surface area contributed by atoms with E-state index in [1.807, 2.05) is 0 Å². The molecule has 0 aromatic carbocycles. The second-order valence-electron chi connectivity index (χ2n) is 5.01. The summed E-state index contributed by atoms with van der Waals surface area (Å²) in [5.41, 5.74) is 0. The summed E-state index contributed by atoms with van der Waals surface area (Å²) < 4.78 is 0. The molecular formula is C14H29N3. The zero-order chi connectivity index (χ0) is 13.1. The maximum Gasteiger partial charge on any atom is 0.108 e. The van der Waals surface area contributed by atoms with E-state index in [1.54, 1.807) is 0 Å². The SMILES string of the molecule is CCCCN(CCCC)CC(C#N)NC(C)C. The Labute approximate surface area is 107 Å². The highest BCUT2D eigenvalue weighted by atomic mass is 15.1. The topological polar surface area (TPSA) is 39.1 Å². The molecule has 3 nitrogen and oxygen atoms in total. The van der Waals surface area contributed by atoms with Gasteiger partial charge in [0.2, 0.25) is 0 Å². The van der Waals surface area contributed by atoms with E-state index in [9.17, 15) is 0 Å². The third kappa shape index (κ3) is 9.14. The summed E-state index contributed by atoms with van der Waals surface area (Å²) in [6, 6.07) is 2.70. The molecule has 1 N–H and O–H groups in total. The number of nitriles is 1. The van der Waals surface area contributed by atoms with Crippen LogP contribution in [0, 0.1) is 11.3 Å². The minimum absolute atomic E-state index is 0.0382. The van der Waals surface area contributed by atoms with E-state index in [0.29, 0.717) is 6.04 Å². The van der Waals surface area contributed by atoms with Crippen LogP contribution < -0.4 is 5.32 Å². The van der Waals surface area contributed by atoms with Crippen molar-refractivity contribution in [2.75, 3.05) is 19.6 Å². The lowest BCUT2D eigenvalue weighted by atomic mass is 10.2. The predicted molar refractivity (Wildman–Crippen MR) is 73.9 cm³/mol. The number of unbranched alkanes of at least 4 members (excludes halogenated alkanes) is 2. The van der Waals surface area contributed by atoms with Crippen LogP contribution in [0.4, 0.5) is 0 Å². The smallest absolute Gasteiger partial charge is 0.108 e. The number of nitrogens with one attached hydrogen (secondary N) is 1. The van der Waals surface area contributed by atoms with Gasteiger partial charge in [-0.05, 0) is 39.8 Å². The molecule has 0 aliphatic heterocycles. The Morgan fingerprint density at radius 2 is 1.65 bits per heavy atom. The van der Waals surface area contributed by atoms with Gasteiger partial charge in [0.25, 0.3) is 0 Å². The van der Waals surface area contributed by atoms with Gasteiger partial charge in [0.1, 0.15) is 6.04 Å². The third-order valence-corrected chi connectivity index (χ3v) is 2.79. The molecule has 0 spiro atoms. The molecule has 0 saturated heterocycles. The first-order valence-electron chi connectivity index (χ1n) is 7.02. The van der Waals surface area contributed by atoms with Gasteiger partial charge in [-0.3, -0.25) is 5.32 Å². The Morgan fingerprint density at radius 3 is 2.00 bits per heavy atom. The highest BCUT2D eigenvalue weighted by Gasteiger charge is 2.13. The maximum absolute atomic E-state index is 9.14. The highest BCUT2D eigenvalue weighted by molar-refractivity contribution is 4.93. The maximum atomic E-state index is 9.14. The van der Waals surface area contributed by atoms with Gasteiger partial charge in [-0.2, -0.15) is 5.26 Å². The van der Waals surface area contributed by atoms with E-state index in [2.05, 4.69) is 44.0 Å². The molecule has 3 heteroatoms. The monoisotopic (exact) mass is 239 g/mol. The van der Waals surface area contributed by atoms with E-state index in [0.717, 1.165) is 19.6 Å². The van der Waals surface area contributed by atoms with Crippen LogP contribution in [-0.2, 0) is 0 Å². The largest absolute Gasteiger partial charge is 0.301 e. The molecule has 1 atom stereocenters. The fourth-order valence-electron chi connectivity index (χ4n) is 1.85. The van der Waals surface area contributed by atoms with Crippen molar-refractivity contribution >= 4 is 0 Å². The average Bonchev–Trinajstić information content (AvgIpc) is 2.30. The molecule has 0 aliphatic carbocycles. The Hall–Kier alpha value is -0.590. The van der Waals surface area contributed by atoms with Crippen LogP contribution in [-0.4, -0.2) is 36.6 Å². The van der Waals surface area contributed by atoms with Gasteiger partial charge in [0, 0.05) is 12.6 Å². The predicted octanol–water partition coefficient (Wildman–Crippen LogP) is 2.78. The zero-order valence-electron chi connectivity index (χ0n) is 12.0. The summed E-state index contributed by atoms with van der Waals surface area (Å²) in [6.45, 7) is 11.7. The van der Waals surface area contributed by atoms with Crippen LogP contribution in [0.1, 0.15) is 53.4 Å². The van der Waals surface area contributed by atoms with Crippen molar-refractivity contribution in [1.29, 1.82) is 5.26 Å². The van der Waals surface area contributed by atoms with E-state index >= 15 is 0 Å². The number of rotatable bonds is 10. The van der Waals surface area contributed by atoms with E-state index in [4.69, 9.17) is 5.26 Å². The number of hydrogen-bond donors (Lipinski definition) is 1. The van der Waals surface area contributed by atoms with Crippen molar-refractivity contribution < 1.29 is 0 Å². The van der Waals surface area contributed by atoms with Gasteiger partial charge in [0.05, 0.1) is 6.07 Å². The van der Waals surface area contributed by atoms with Crippen molar-refractivity contribution in [3.8, 4) is 6.07 Å². The summed E-state index contributed by atoms with van der Waals surface area (Å²) >= 11 is 0. The molecule has 0 aliphatic rings. The lowest BCUT2D eigenvalue weighted by molar-refractivity contribution is 0.246. The molecule has 0 amide bonds. The molecular weight excluding hydrogens is 210 g/mol. The molecule has 0 heterocycles. The van der Waals surface area contributed by atoms with Crippen molar-refractivity contribution in [3.05, 3.63) is 0 Å². The minimum Gasteiger partial charge on any atom is -0.301 e. The van der Waals surface area contributed by atoms with Gasteiger partial charge in [0.15, 0.2) is 0 Å². The van der Waals surface area contributed by atoms with Gasteiger partial charge in [-0.15, -0.1) is 0 Å². The Bertz CT molecular complexity index is 200. The quantitative estimate of drug-likeness (QED) is 0.637. The number of nitrogens with zero attached hydrogens (tertiary/aromatic N) is 2. The first-order chi connectivity index (χ1) is 8.13. The van der Waals surface area contributed by atoms with E-state index in [-0.39, 0.29) is 6.04 Å². The summed E-state index contributed by atoms with van der Waals surface area (Å²) in [5, 5.41) is 12.4. The summed E-state index contributed by atoms with van der Waals surface area (Å²) in [7, 11) is 0. The summed E-state index contributed by atoms with van der Waals surface area (Å²) in [4.78, 5) is 2.43. The molecule has 0 rings (SSSR count). The molecule has 0 bridgehead atoms. The highest BCUT2D eigenvalue weighted by Crippen LogP contribution is 2.01. The van der Waals surface area contributed by atoms with Gasteiger partial charge in [-0.1, -0.05) is 26.7 Å². The van der Waals surface area contributed by atoms with Crippen molar-refractivity contribution in [2.24, 2.45) is 0 Å². The first kappa shape index (κ1) is 16.4. The molecule has 0 aromatic rings. The molecule has 0 aromatic heterocycles. The second kappa shape index (κ2) is 10.6.